The molecular weight excluding hydrogens is 448 g/mol. The van der Waals surface area contributed by atoms with E-state index in [0.717, 1.165) is 10.6 Å². The highest BCUT2D eigenvalue weighted by molar-refractivity contribution is 7.92. The molecule has 9 nitrogen and oxygen atoms in total. The van der Waals surface area contributed by atoms with E-state index >= 15 is 0 Å². The number of hydrogen-bond acceptors (Lipinski definition) is 7. The molecule has 31 heavy (non-hydrogen) atoms. The van der Waals surface area contributed by atoms with Gasteiger partial charge in [0.25, 0.3) is 5.91 Å². The lowest BCUT2D eigenvalue weighted by Crippen LogP contribution is -2.50. The van der Waals surface area contributed by atoms with Gasteiger partial charge in [0, 0.05) is 17.1 Å². The Morgan fingerprint density at radius 2 is 1.87 bits per heavy atom. The standard InChI is InChI=1S/C20H23ClN2O7S/c1-27-16-7-5-12(18(28-2)19(16)29-3)10-22-20(24)17-11-23(31(4,25)26)14-9-13(21)6-8-15(14)30-17/h5-9,17H,10-11H2,1-4H3,(H,22,24). The van der Waals surface area contributed by atoms with Gasteiger partial charge >= 0.3 is 0 Å². The molecule has 0 aromatic heterocycles. The summed E-state index contributed by atoms with van der Waals surface area (Å²) in [7, 11) is 0.832. The highest BCUT2D eigenvalue weighted by Crippen LogP contribution is 2.40. The van der Waals surface area contributed by atoms with Crippen LogP contribution < -0.4 is 28.6 Å². The summed E-state index contributed by atoms with van der Waals surface area (Å²) in [4.78, 5) is 12.8. The van der Waals surface area contributed by atoms with E-state index in [1.807, 2.05) is 0 Å². The topological polar surface area (TPSA) is 103 Å². The predicted octanol–water partition coefficient (Wildman–Crippen LogP) is 2.21. The maximum absolute atomic E-state index is 12.8. The molecule has 1 N–H and O–H groups in total. The van der Waals surface area contributed by atoms with E-state index in [-0.39, 0.29) is 18.8 Å². The number of methoxy groups -OCH3 is 3. The van der Waals surface area contributed by atoms with Gasteiger partial charge in [-0.15, -0.1) is 0 Å². The van der Waals surface area contributed by atoms with Gasteiger partial charge < -0.3 is 24.3 Å². The van der Waals surface area contributed by atoms with Crippen molar-refractivity contribution in [2.45, 2.75) is 12.6 Å². The number of benzene rings is 2. The summed E-state index contributed by atoms with van der Waals surface area (Å²) in [6, 6.07) is 8.02. The Morgan fingerprint density at radius 3 is 2.48 bits per heavy atom. The predicted molar refractivity (Wildman–Crippen MR) is 116 cm³/mol. The number of sulfonamides is 1. The van der Waals surface area contributed by atoms with Gasteiger partial charge in [-0.25, -0.2) is 8.42 Å². The van der Waals surface area contributed by atoms with Crippen molar-refractivity contribution in [2.75, 3.05) is 38.4 Å². The Bertz CT molecular complexity index is 1090. The first-order valence-electron chi connectivity index (χ1n) is 9.19. The van der Waals surface area contributed by atoms with Crippen molar-refractivity contribution in [1.29, 1.82) is 0 Å². The molecule has 1 heterocycles. The largest absolute Gasteiger partial charge is 0.493 e. The van der Waals surface area contributed by atoms with E-state index in [0.29, 0.717) is 33.5 Å². The van der Waals surface area contributed by atoms with Crippen LogP contribution in [-0.2, 0) is 21.4 Å². The monoisotopic (exact) mass is 470 g/mol. The summed E-state index contributed by atoms with van der Waals surface area (Å²) in [5.74, 6) is 1.09. The molecule has 1 atom stereocenters. The lowest BCUT2D eigenvalue weighted by Gasteiger charge is -2.34. The van der Waals surface area contributed by atoms with Crippen LogP contribution in [0.4, 0.5) is 5.69 Å². The van der Waals surface area contributed by atoms with Crippen LogP contribution in [0.3, 0.4) is 0 Å². The summed E-state index contributed by atoms with van der Waals surface area (Å²) >= 11 is 6.00. The third-order valence-corrected chi connectivity index (χ3v) is 6.10. The second-order valence-electron chi connectivity index (χ2n) is 6.72. The van der Waals surface area contributed by atoms with Gasteiger partial charge in [0.15, 0.2) is 17.6 Å². The lowest BCUT2D eigenvalue weighted by atomic mass is 10.1. The molecule has 1 aliphatic heterocycles. The average Bonchev–Trinajstić information content (AvgIpc) is 2.74. The highest BCUT2D eigenvalue weighted by atomic mass is 35.5. The summed E-state index contributed by atoms with van der Waals surface area (Å²) in [5, 5.41) is 3.12. The molecule has 0 radical (unpaired) electrons. The van der Waals surface area contributed by atoms with E-state index in [4.69, 9.17) is 30.5 Å². The van der Waals surface area contributed by atoms with Crippen molar-refractivity contribution in [1.82, 2.24) is 5.32 Å². The number of anilines is 1. The van der Waals surface area contributed by atoms with Crippen LogP contribution >= 0.6 is 11.6 Å². The van der Waals surface area contributed by atoms with Gasteiger partial charge in [-0.3, -0.25) is 9.10 Å². The van der Waals surface area contributed by atoms with E-state index in [1.54, 1.807) is 18.2 Å². The Morgan fingerprint density at radius 1 is 1.16 bits per heavy atom. The molecule has 168 valence electrons. The van der Waals surface area contributed by atoms with Gasteiger partial charge in [-0.2, -0.15) is 0 Å². The summed E-state index contributed by atoms with van der Waals surface area (Å²) in [5.41, 5.74) is 0.942. The number of halogens is 1. The van der Waals surface area contributed by atoms with Gasteiger partial charge in [-0.1, -0.05) is 11.6 Å². The number of nitrogens with zero attached hydrogens (tertiary/aromatic N) is 1. The molecule has 0 aliphatic carbocycles. The van der Waals surface area contributed by atoms with Crippen LogP contribution in [0.25, 0.3) is 0 Å². The molecule has 11 heteroatoms. The van der Waals surface area contributed by atoms with Crippen LogP contribution in [0.5, 0.6) is 23.0 Å². The quantitative estimate of drug-likeness (QED) is 0.661. The third kappa shape index (κ3) is 4.75. The third-order valence-electron chi connectivity index (χ3n) is 4.72. The summed E-state index contributed by atoms with van der Waals surface area (Å²) in [6.45, 7) is -0.0738. The Kier molecular flexibility index (Phi) is 6.71. The maximum atomic E-state index is 12.8. The van der Waals surface area contributed by atoms with Gasteiger partial charge in [0.2, 0.25) is 15.8 Å². The number of carbonyl (C=O) groups excluding carboxylic acids is 1. The first-order valence-corrected chi connectivity index (χ1v) is 11.4. The lowest BCUT2D eigenvalue weighted by molar-refractivity contribution is -0.127. The van der Waals surface area contributed by atoms with Crippen LogP contribution in [0.1, 0.15) is 5.56 Å². The van der Waals surface area contributed by atoms with Gasteiger partial charge in [0.05, 0.1) is 39.8 Å². The van der Waals surface area contributed by atoms with E-state index < -0.39 is 22.0 Å². The van der Waals surface area contributed by atoms with Crippen molar-refractivity contribution >= 4 is 33.2 Å². The molecule has 3 rings (SSSR count). The molecule has 0 spiro atoms. The van der Waals surface area contributed by atoms with Crippen LogP contribution in [0.2, 0.25) is 5.02 Å². The molecule has 1 aliphatic rings. The summed E-state index contributed by atoms with van der Waals surface area (Å²) in [6.07, 6.45) is 0.0152. The minimum Gasteiger partial charge on any atom is -0.493 e. The Hall–Kier alpha value is -2.85. The van der Waals surface area contributed by atoms with E-state index in [1.165, 1.54) is 33.5 Å². The zero-order valence-corrected chi connectivity index (χ0v) is 19.0. The number of carbonyl (C=O) groups is 1. The zero-order valence-electron chi connectivity index (χ0n) is 17.5. The minimum absolute atomic E-state index is 0.106. The first-order chi connectivity index (χ1) is 14.7. The smallest absolute Gasteiger partial charge is 0.263 e. The van der Waals surface area contributed by atoms with Gasteiger partial charge in [0.1, 0.15) is 5.75 Å². The Balaban J connectivity index is 1.81. The average molecular weight is 471 g/mol. The van der Waals surface area contributed by atoms with E-state index in [2.05, 4.69) is 5.32 Å². The fraction of sp³-hybridized carbons (Fsp3) is 0.350. The normalized spacial score (nSPS) is 15.5. The highest BCUT2D eigenvalue weighted by Gasteiger charge is 2.35. The number of ether oxygens (including phenoxy) is 4. The zero-order chi connectivity index (χ0) is 22.8. The molecule has 0 saturated carbocycles. The first kappa shape index (κ1) is 22.8. The molecule has 0 bridgehead atoms. The van der Waals surface area contributed by atoms with Crippen LogP contribution in [0.15, 0.2) is 30.3 Å². The number of amides is 1. The van der Waals surface area contributed by atoms with Crippen molar-refractivity contribution in [3.8, 4) is 23.0 Å². The SMILES string of the molecule is COc1ccc(CNC(=O)C2CN(S(C)(=O)=O)c3cc(Cl)ccc3O2)c(OC)c1OC. The van der Waals surface area contributed by atoms with E-state index in [9.17, 15) is 13.2 Å². The number of rotatable bonds is 7. The molecule has 0 fully saturated rings. The Labute approximate surface area is 185 Å². The van der Waals surface area contributed by atoms with Gasteiger partial charge in [-0.05, 0) is 30.3 Å². The van der Waals surface area contributed by atoms with Crippen molar-refractivity contribution in [3.05, 3.63) is 40.9 Å². The maximum Gasteiger partial charge on any atom is 0.263 e. The second-order valence-corrected chi connectivity index (χ2v) is 9.07. The van der Waals surface area contributed by atoms with Crippen molar-refractivity contribution in [2.24, 2.45) is 0 Å². The number of fused-ring (bicyclic) bond motifs is 1. The van der Waals surface area contributed by atoms with Crippen molar-refractivity contribution < 1.29 is 32.2 Å². The molecule has 1 unspecified atom stereocenters. The van der Waals surface area contributed by atoms with Crippen molar-refractivity contribution in [3.63, 3.8) is 0 Å². The second kappa shape index (κ2) is 9.11. The fourth-order valence-electron chi connectivity index (χ4n) is 3.27. The number of hydrogen-bond donors (Lipinski definition) is 1. The fourth-order valence-corrected chi connectivity index (χ4v) is 4.35. The van der Waals surface area contributed by atoms with Crippen LogP contribution in [0, 0.1) is 0 Å². The molecule has 1 amide bonds. The molecule has 2 aromatic rings. The summed E-state index contributed by atoms with van der Waals surface area (Å²) < 4.78 is 47.4. The molecule has 2 aromatic carbocycles. The number of nitrogens with one attached hydrogen (secondary N) is 1. The minimum atomic E-state index is -3.65. The molecular formula is C20H23ClN2O7S. The molecule has 0 saturated heterocycles. The van der Waals surface area contributed by atoms with Crippen LogP contribution in [-0.4, -0.2) is 54.6 Å².